The second-order valence-corrected chi connectivity index (χ2v) is 4.44. The normalized spacial score (nSPS) is 26.9. The van der Waals surface area contributed by atoms with Gasteiger partial charge in [-0.25, -0.2) is 0 Å². The van der Waals surface area contributed by atoms with Crippen molar-refractivity contribution >= 4 is 11.9 Å². The summed E-state index contributed by atoms with van der Waals surface area (Å²) in [6, 6.07) is 0. The zero-order valence-electron chi connectivity index (χ0n) is 10.1. The molecule has 5 heteroatoms. The van der Waals surface area contributed by atoms with Crippen LogP contribution in [-0.2, 0) is 14.3 Å². The lowest BCUT2D eigenvalue weighted by atomic mass is 9.84. The number of aliphatic carboxylic acids is 1. The van der Waals surface area contributed by atoms with Gasteiger partial charge in [0, 0.05) is 5.92 Å². The average molecular weight is 244 g/mol. The van der Waals surface area contributed by atoms with Crippen molar-refractivity contribution in [3.63, 3.8) is 0 Å². The van der Waals surface area contributed by atoms with Crippen LogP contribution in [0.3, 0.4) is 0 Å². The number of carboxylic acids is 1. The zero-order valence-corrected chi connectivity index (χ0v) is 10.1. The first-order chi connectivity index (χ1) is 8.07. The molecule has 0 aliphatic heterocycles. The number of carbonyl (C=O) groups excluding carboxylic acids is 1. The maximum Gasteiger partial charge on any atom is 0.320 e. The molecule has 3 atom stereocenters. The molecule has 0 saturated heterocycles. The fraction of sp³-hybridized carbons (Fsp3) is 0.833. The number of esters is 1. The van der Waals surface area contributed by atoms with Crippen molar-refractivity contribution in [2.24, 2.45) is 11.8 Å². The number of rotatable bonds is 4. The topological polar surface area (TPSA) is 83.8 Å². The van der Waals surface area contributed by atoms with Crippen molar-refractivity contribution in [1.82, 2.24) is 0 Å². The molecule has 98 valence electrons. The van der Waals surface area contributed by atoms with Crippen LogP contribution >= 0.6 is 0 Å². The lowest BCUT2D eigenvalue weighted by molar-refractivity contribution is -0.163. The monoisotopic (exact) mass is 244 g/mol. The predicted molar refractivity (Wildman–Crippen MR) is 60.3 cm³/mol. The second-order valence-electron chi connectivity index (χ2n) is 4.44. The number of hydrogen-bond acceptors (Lipinski definition) is 4. The van der Waals surface area contributed by atoms with Crippen molar-refractivity contribution in [3.8, 4) is 0 Å². The Morgan fingerprint density at radius 1 is 1.29 bits per heavy atom. The Morgan fingerprint density at radius 3 is 2.53 bits per heavy atom. The number of carbonyl (C=O) groups is 2. The highest BCUT2D eigenvalue weighted by Crippen LogP contribution is 2.30. The van der Waals surface area contributed by atoms with E-state index in [1.54, 1.807) is 6.92 Å². The van der Waals surface area contributed by atoms with E-state index in [0.717, 1.165) is 19.3 Å². The molecule has 0 aromatic carbocycles. The summed E-state index contributed by atoms with van der Waals surface area (Å²) in [7, 11) is 0. The molecule has 0 radical (unpaired) electrons. The van der Waals surface area contributed by atoms with Crippen LogP contribution in [-0.4, -0.2) is 34.9 Å². The molecule has 17 heavy (non-hydrogen) atoms. The van der Waals surface area contributed by atoms with Crippen LogP contribution in [0.5, 0.6) is 0 Å². The van der Waals surface area contributed by atoms with Gasteiger partial charge in [-0.1, -0.05) is 19.3 Å². The van der Waals surface area contributed by atoms with Crippen molar-refractivity contribution in [2.75, 3.05) is 6.61 Å². The van der Waals surface area contributed by atoms with Crippen LogP contribution in [0.15, 0.2) is 0 Å². The van der Waals surface area contributed by atoms with Gasteiger partial charge in [0.25, 0.3) is 0 Å². The molecule has 0 aromatic rings. The summed E-state index contributed by atoms with van der Waals surface area (Å²) in [6.07, 6.45) is 3.12. The highest BCUT2D eigenvalue weighted by atomic mass is 16.5. The van der Waals surface area contributed by atoms with Gasteiger partial charge in [0.2, 0.25) is 0 Å². The first kappa shape index (κ1) is 14.0. The predicted octanol–water partition coefficient (Wildman–Crippen LogP) is 1.19. The molecule has 1 aliphatic rings. The van der Waals surface area contributed by atoms with Gasteiger partial charge in [-0.15, -0.1) is 0 Å². The Balaban J connectivity index is 2.80. The van der Waals surface area contributed by atoms with Gasteiger partial charge in [-0.2, -0.15) is 0 Å². The maximum atomic E-state index is 11.6. The van der Waals surface area contributed by atoms with Gasteiger partial charge >= 0.3 is 11.9 Å². The molecule has 0 amide bonds. The average Bonchev–Trinajstić information content (AvgIpc) is 2.45. The summed E-state index contributed by atoms with van der Waals surface area (Å²) in [5.74, 6) is -3.68. The minimum absolute atomic E-state index is 0.158. The van der Waals surface area contributed by atoms with E-state index in [1.165, 1.54) is 0 Å². The van der Waals surface area contributed by atoms with E-state index in [1.807, 2.05) is 0 Å². The molecule has 0 spiro atoms. The zero-order chi connectivity index (χ0) is 12.8. The number of ether oxygens (including phenoxy) is 1. The summed E-state index contributed by atoms with van der Waals surface area (Å²) in [6.45, 7) is 1.80. The van der Waals surface area contributed by atoms with Crippen LogP contribution < -0.4 is 0 Å². The Hall–Kier alpha value is -1.10. The molecule has 1 aliphatic carbocycles. The standard InChI is InChI=1S/C12H20O5/c1-2-17-12(16)10(11(14)15)8-6-4-3-5-7-9(8)13/h8-10,13H,2-7H2,1H3,(H,14,15). The fourth-order valence-corrected chi connectivity index (χ4v) is 2.40. The number of carboxylic acid groups (broad SMARTS) is 1. The lowest BCUT2D eigenvalue weighted by Gasteiger charge is -2.25. The molecule has 3 unspecified atom stereocenters. The molecule has 1 fully saturated rings. The van der Waals surface area contributed by atoms with Gasteiger partial charge < -0.3 is 14.9 Å². The molecule has 0 heterocycles. The minimum atomic E-state index is -1.23. The van der Waals surface area contributed by atoms with Crippen LogP contribution in [0, 0.1) is 11.8 Å². The third-order valence-electron chi connectivity index (χ3n) is 3.27. The van der Waals surface area contributed by atoms with Gasteiger partial charge in [-0.05, 0) is 19.8 Å². The van der Waals surface area contributed by atoms with E-state index in [9.17, 15) is 14.7 Å². The Kier molecular flexibility index (Phi) is 5.41. The number of hydrogen-bond donors (Lipinski definition) is 2. The highest BCUT2D eigenvalue weighted by Gasteiger charge is 2.40. The molecule has 5 nitrogen and oxygen atoms in total. The van der Waals surface area contributed by atoms with Gasteiger partial charge in [0.05, 0.1) is 12.7 Å². The first-order valence-corrected chi connectivity index (χ1v) is 6.15. The molecular weight excluding hydrogens is 224 g/mol. The highest BCUT2D eigenvalue weighted by molar-refractivity contribution is 5.94. The molecule has 1 rings (SSSR count). The summed E-state index contributed by atoms with van der Waals surface area (Å²) >= 11 is 0. The second kappa shape index (κ2) is 6.59. The smallest absolute Gasteiger partial charge is 0.320 e. The third-order valence-corrected chi connectivity index (χ3v) is 3.27. The van der Waals surface area contributed by atoms with Crippen LogP contribution in [0.4, 0.5) is 0 Å². The first-order valence-electron chi connectivity index (χ1n) is 6.15. The van der Waals surface area contributed by atoms with Gasteiger partial charge in [0.15, 0.2) is 5.92 Å². The summed E-state index contributed by atoms with van der Waals surface area (Å²) < 4.78 is 4.78. The Morgan fingerprint density at radius 2 is 1.94 bits per heavy atom. The van der Waals surface area contributed by atoms with Crippen molar-refractivity contribution < 1.29 is 24.5 Å². The van der Waals surface area contributed by atoms with E-state index < -0.39 is 29.9 Å². The van der Waals surface area contributed by atoms with E-state index in [4.69, 9.17) is 9.84 Å². The van der Waals surface area contributed by atoms with Crippen molar-refractivity contribution in [3.05, 3.63) is 0 Å². The van der Waals surface area contributed by atoms with E-state index in [2.05, 4.69) is 0 Å². The fourth-order valence-electron chi connectivity index (χ4n) is 2.40. The lowest BCUT2D eigenvalue weighted by Crippen LogP contribution is -2.38. The largest absolute Gasteiger partial charge is 0.481 e. The number of aliphatic hydroxyl groups excluding tert-OH is 1. The molecule has 1 saturated carbocycles. The maximum absolute atomic E-state index is 11.6. The molecule has 2 N–H and O–H groups in total. The molecule has 0 aromatic heterocycles. The summed E-state index contributed by atoms with van der Waals surface area (Å²) in [4.78, 5) is 22.8. The van der Waals surface area contributed by atoms with Crippen molar-refractivity contribution in [2.45, 2.75) is 45.1 Å². The SMILES string of the molecule is CCOC(=O)C(C(=O)O)C1CCCCCC1O. The quantitative estimate of drug-likeness (QED) is 0.441. The van der Waals surface area contributed by atoms with Crippen LogP contribution in [0.1, 0.15) is 39.0 Å². The Labute approximate surface area is 101 Å². The van der Waals surface area contributed by atoms with E-state index in [-0.39, 0.29) is 6.61 Å². The minimum Gasteiger partial charge on any atom is -0.481 e. The summed E-state index contributed by atoms with van der Waals surface area (Å²) in [5, 5.41) is 19.0. The van der Waals surface area contributed by atoms with Gasteiger partial charge in [-0.3, -0.25) is 9.59 Å². The van der Waals surface area contributed by atoms with Crippen LogP contribution in [0.2, 0.25) is 0 Å². The van der Waals surface area contributed by atoms with E-state index >= 15 is 0 Å². The molecule has 0 bridgehead atoms. The third kappa shape index (κ3) is 3.70. The molecular formula is C12H20O5. The summed E-state index contributed by atoms with van der Waals surface area (Å²) in [5.41, 5.74) is 0. The number of aliphatic hydroxyl groups is 1. The van der Waals surface area contributed by atoms with Crippen molar-refractivity contribution in [1.29, 1.82) is 0 Å². The van der Waals surface area contributed by atoms with Crippen LogP contribution in [0.25, 0.3) is 0 Å². The van der Waals surface area contributed by atoms with Gasteiger partial charge in [0.1, 0.15) is 0 Å². The van der Waals surface area contributed by atoms with E-state index in [0.29, 0.717) is 12.8 Å². The Bertz CT molecular complexity index is 276.